The maximum atomic E-state index is 11.2. The van der Waals surface area contributed by atoms with E-state index in [4.69, 9.17) is 4.74 Å². The van der Waals surface area contributed by atoms with Gasteiger partial charge in [-0.15, -0.1) is 0 Å². The number of hydrogen-bond acceptors (Lipinski definition) is 3. The second kappa shape index (κ2) is 2.90. The van der Waals surface area contributed by atoms with E-state index in [1.165, 1.54) is 0 Å². The molecule has 1 saturated heterocycles. The van der Waals surface area contributed by atoms with Crippen LogP contribution in [0.4, 0.5) is 0 Å². The van der Waals surface area contributed by atoms with Crippen LogP contribution >= 0.6 is 0 Å². The predicted octanol–water partition coefficient (Wildman–Crippen LogP) is 1.72. The van der Waals surface area contributed by atoms with Crippen LogP contribution in [0.2, 0.25) is 0 Å². The van der Waals surface area contributed by atoms with E-state index in [-0.39, 0.29) is 12.2 Å². The molecule has 0 bridgehead atoms. The van der Waals surface area contributed by atoms with Crippen LogP contribution < -0.4 is 0 Å². The first-order valence-electron chi connectivity index (χ1n) is 6.52. The summed E-state index contributed by atoms with van der Waals surface area (Å²) in [5.74, 6) is 0. The average molecular weight is 252 g/mol. The largest absolute Gasteiger partial charge is 0.387 e. The summed E-state index contributed by atoms with van der Waals surface area (Å²) < 4.78 is 5.55. The lowest BCUT2D eigenvalue weighted by Crippen LogP contribution is -2.45. The standard InChI is InChI=1S/C16H12O3/c17-15-14-13(19-14)10-6-3-5-9-8-4-1-2-7-11(8)16(15,18)12(9)10/h1-7,13-15,17-18H. The van der Waals surface area contributed by atoms with Gasteiger partial charge in [0.2, 0.25) is 0 Å². The minimum absolute atomic E-state index is 0.0560. The molecule has 3 nitrogen and oxygen atoms in total. The topological polar surface area (TPSA) is 53.0 Å². The molecule has 1 fully saturated rings. The van der Waals surface area contributed by atoms with E-state index in [9.17, 15) is 10.2 Å². The van der Waals surface area contributed by atoms with E-state index in [0.29, 0.717) is 0 Å². The van der Waals surface area contributed by atoms with Gasteiger partial charge in [0.1, 0.15) is 23.9 Å². The maximum Gasteiger partial charge on any atom is 0.145 e. The van der Waals surface area contributed by atoms with Crippen LogP contribution in [0.3, 0.4) is 0 Å². The number of rotatable bonds is 0. The van der Waals surface area contributed by atoms with Crippen molar-refractivity contribution >= 4 is 0 Å². The van der Waals surface area contributed by atoms with Crippen LogP contribution in [0, 0.1) is 0 Å². The molecule has 1 heterocycles. The summed E-state index contributed by atoms with van der Waals surface area (Å²) in [5, 5.41) is 21.7. The number of hydrogen-bond donors (Lipinski definition) is 2. The molecule has 3 aliphatic rings. The zero-order valence-electron chi connectivity index (χ0n) is 10.1. The Balaban J connectivity index is 1.96. The van der Waals surface area contributed by atoms with Crippen molar-refractivity contribution in [2.24, 2.45) is 0 Å². The number of fused-ring (bicyclic) bond motifs is 5. The monoisotopic (exact) mass is 252 g/mol. The molecule has 4 atom stereocenters. The summed E-state index contributed by atoms with van der Waals surface area (Å²) in [4.78, 5) is 0. The van der Waals surface area contributed by atoms with Crippen molar-refractivity contribution < 1.29 is 14.9 Å². The Hall–Kier alpha value is -1.68. The fraction of sp³-hybridized carbons (Fsp3) is 0.250. The van der Waals surface area contributed by atoms with E-state index in [2.05, 4.69) is 0 Å². The highest BCUT2D eigenvalue weighted by atomic mass is 16.6. The molecule has 0 saturated carbocycles. The van der Waals surface area contributed by atoms with Gasteiger partial charge in [-0.05, 0) is 22.3 Å². The van der Waals surface area contributed by atoms with Crippen LogP contribution in [0.5, 0.6) is 0 Å². The SMILES string of the molecule is OC1C2OC2c2cccc3c2C1(O)c1ccccc1-3. The van der Waals surface area contributed by atoms with E-state index in [1.807, 2.05) is 42.5 Å². The number of ether oxygens (including phenoxy) is 1. The molecule has 2 aromatic rings. The van der Waals surface area contributed by atoms with Crippen molar-refractivity contribution in [2.45, 2.75) is 23.9 Å². The van der Waals surface area contributed by atoms with Gasteiger partial charge in [-0.1, -0.05) is 42.5 Å². The number of epoxide rings is 1. The minimum atomic E-state index is -1.32. The maximum absolute atomic E-state index is 11.2. The first-order chi connectivity index (χ1) is 9.23. The number of benzene rings is 2. The molecule has 0 amide bonds. The smallest absolute Gasteiger partial charge is 0.145 e. The molecule has 3 heteroatoms. The zero-order valence-corrected chi connectivity index (χ0v) is 10.1. The summed E-state index contributed by atoms with van der Waals surface area (Å²) in [7, 11) is 0. The third-order valence-corrected chi connectivity index (χ3v) is 4.68. The molecular formula is C16H12O3. The Morgan fingerprint density at radius 3 is 2.68 bits per heavy atom. The highest BCUT2D eigenvalue weighted by Gasteiger charge is 2.63. The van der Waals surface area contributed by atoms with Crippen molar-refractivity contribution in [2.75, 3.05) is 0 Å². The first-order valence-corrected chi connectivity index (χ1v) is 6.52. The van der Waals surface area contributed by atoms with Crippen molar-refractivity contribution in [1.82, 2.24) is 0 Å². The van der Waals surface area contributed by atoms with Gasteiger partial charge in [0.25, 0.3) is 0 Å². The lowest BCUT2D eigenvalue weighted by molar-refractivity contribution is -0.0606. The van der Waals surface area contributed by atoms with Crippen LogP contribution in [0.15, 0.2) is 42.5 Å². The Labute approximate surface area is 110 Å². The summed E-state index contributed by atoms with van der Waals surface area (Å²) in [5.41, 5.74) is 3.36. The molecule has 0 radical (unpaired) electrons. The molecule has 4 unspecified atom stereocenters. The Kier molecular flexibility index (Phi) is 1.55. The highest BCUT2D eigenvalue weighted by molar-refractivity contribution is 5.82. The Morgan fingerprint density at radius 2 is 1.79 bits per heavy atom. The van der Waals surface area contributed by atoms with Gasteiger partial charge in [0, 0.05) is 5.56 Å². The van der Waals surface area contributed by atoms with Gasteiger partial charge in [-0.3, -0.25) is 0 Å². The first kappa shape index (κ1) is 10.1. The summed E-state index contributed by atoms with van der Waals surface area (Å²) in [6, 6.07) is 13.7. The van der Waals surface area contributed by atoms with E-state index < -0.39 is 11.7 Å². The molecular weight excluding hydrogens is 240 g/mol. The molecule has 2 aromatic carbocycles. The highest BCUT2D eigenvalue weighted by Crippen LogP contribution is 2.61. The molecule has 1 aliphatic heterocycles. The molecule has 19 heavy (non-hydrogen) atoms. The number of aliphatic hydroxyl groups excluding tert-OH is 1. The van der Waals surface area contributed by atoms with E-state index in [0.717, 1.165) is 27.8 Å². The summed E-state index contributed by atoms with van der Waals surface area (Å²) in [6.07, 6.45) is -1.23. The second-order valence-corrected chi connectivity index (χ2v) is 5.55. The molecule has 2 aliphatic carbocycles. The van der Waals surface area contributed by atoms with Crippen LogP contribution in [-0.2, 0) is 10.3 Å². The van der Waals surface area contributed by atoms with Crippen molar-refractivity contribution in [3.05, 3.63) is 59.2 Å². The van der Waals surface area contributed by atoms with Crippen LogP contribution in [-0.4, -0.2) is 22.4 Å². The predicted molar refractivity (Wildman–Crippen MR) is 68.5 cm³/mol. The van der Waals surface area contributed by atoms with Crippen molar-refractivity contribution in [3.63, 3.8) is 0 Å². The van der Waals surface area contributed by atoms with Gasteiger partial charge < -0.3 is 14.9 Å². The lowest BCUT2D eigenvalue weighted by Gasteiger charge is -2.34. The third kappa shape index (κ3) is 0.951. The second-order valence-electron chi connectivity index (χ2n) is 5.55. The van der Waals surface area contributed by atoms with Crippen LogP contribution in [0.1, 0.15) is 22.8 Å². The molecule has 94 valence electrons. The molecule has 0 spiro atoms. The van der Waals surface area contributed by atoms with E-state index >= 15 is 0 Å². The van der Waals surface area contributed by atoms with E-state index in [1.54, 1.807) is 0 Å². The Bertz CT molecular complexity index is 724. The average Bonchev–Trinajstić information content (AvgIpc) is 3.20. The van der Waals surface area contributed by atoms with Gasteiger partial charge in [0.05, 0.1) is 0 Å². The summed E-state index contributed by atoms with van der Waals surface area (Å²) >= 11 is 0. The molecule has 0 aromatic heterocycles. The third-order valence-electron chi connectivity index (χ3n) is 4.68. The van der Waals surface area contributed by atoms with Gasteiger partial charge in [-0.25, -0.2) is 0 Å². The van der Waals surface area contributed by atoms with Gasteiger partial charge >= 0.3 is 0 Å². The zero-order chi connectivity index (χ0) is 12.8. The van der Waals surface area contributed by atoms with Crippen LogP contribution in [0.25, 0.3) is 11.1 Å². The summed E-state index contributed by atoms with van der Waals surface area (Å²) in [6.45, 7) is 0. The van der Waals surface area contributed by atoms with Gasteiger partial charge in [0.15, 0.2) is 0 Å². The quantitative estimate of drug-likeness (QED) is 0.702. The molecule has 2 N–H and O–H groups in total. The van der Waals surface area contributed by atoms with Crippen molar-refractivity contribution in [1.29, 1.82) is 0 Å². The minimum Gasteiger partial charge on any atom is -0.387 e. The molecule has 5 rings (SSSR count). The normalized spacial score (nSPS) is 36.4. The Morgan fingerprint density at radius 1 is 1.00 bits per heavy atom. The number of aliphatic hydroxyl groups is 2. The fourth-order valence-electron chi connectivity index (χ4n) is 3.80. The lowest BCUT2D eigenvalue weighted by atomic mass is 9.76. The van der Waals surface area contributed by atoms with Gasteiger partial charge in [-0.2, -0.15) is 0 Å². The van der Waals surface area contributed by atoms with Crippen molar-refractivity contribution in [3.8, 4) is 11.1 Å². The fourth-order valence-corrected chi connectivity index (χ4v) is 3.80.